The van der Waals surface area contributed by atoms with Crippen LogP contribution >= 0.6 is 11.8 Å². The molecule has 1 aliphatic carbocycles. The van der Waals surface area contributed by atoms with E-state index in [0.29, 0.717) is 17.0 Å². The molecule has 0 amide bonds. The Kier molecular flexibility index (Phi) is 4.07. The van der Waals surface area contributed by atoms with Crippen molar-refractivity contribution < 1.29 is 9.53 Å². The van der Waals surface area contributed by atoms with Crippen molar-refractivity contribution in [3.05, 3.63) is 10.5 Å². The summed E-state index contributed by atoms with van der Waals surface area (Å²) in [6, 6.07) is 0.0528. The van der Waals surface area contributed by atoms with E-state index in [2.05, 4.69) is 15.5 Å². The van der Waals surface area contributed by atoms with Gasteiger partial charge in [0.2, 0.25) is 0 Å². The van der Waals surface area contributed by atoms with E-state index in [9.17, 15) is 9.59 Å². The van der Waals surface area contributed by atoms with Gasteiger partial charge in [0, 0.05) is 18.8 Å². The number of nitrogens with zero attached hydrogens (tertiary/aromatic N) is 2. The van der Waals surface area contributed by atoms with Gasteiger partial charge in [-0.15, -0.1) is 5.10 Å². The highest BCUT2D eigenvalue weighted by molar-refractivity contribution is 7.99. The number of aromatic amines is 1. The molecule has 8 heteroatoms. The molecular formula is C10H16N4O3S. The maximum atomic E-state index is 11.6. The van der Waals surface area contributed by atoms with E-state index in [4.69, 9.17) is 4.74 Å². The number of thioether (sulfide) groups is 1. The van der Waals surface area contributed by atoms with Crippen molar-refractivity contribution in [2.45, 2.75) is 30.1 Å². The van der Waals surface area contributed by atoms with Crippen LogP contribution in [0.4, 0.5) is 0 Å². The van der Waals surface area contributed by atoms with E-state index in [1.165, 1.54) is 23.4 Å². The molecule has 0 bridgehead atoms. The average molecular weight is 272 g/mol. The third kappa shape index (κ3) is 3.14. The Morgan fingerprint density at radius 2 is 2.44 bits per heavy atom. The molecule has 0 saturated heterocycles. The molecule has 18 heavy (non-hydrogen) atoms. The number of hydrogen-bond donors (Lipinski definition) is 2. The standard InChI is InChI=1S/C10H16N4O3S/c1-14-9(16)12-13-10(14)18-5-7(8(15)17-2)11-6-3-4-6/h6-7,11H,3-5H2,1-2H3,(H,12,16). The zero-order valence-electron chi connectivity index (χ0n) is 10.3. The van der Waals surface area contributed by atoms with Crippen LogP contribution in [0.15, 0.2) is 9.95 Å². The van der Waals surface area contributed by atoms with E-state index in [1.54, 1.807) is 7.05 Å². The van der Waals surface area contributed by atoms with Gasteiger partial charge in [0.15, 0.2) is 5.16 Å². The van der Waals surface area contributed by atoms with Crippen LogP contribution in [0, 0.1) is 0 Å². The molecule has 7 nitrogen and oxygen atoms in total. The van der Waals surface area contributed by atoms with Crippen LogP contribution in [0.2, 0.25) is 0 Å². The predicted molar refractivity (Wildman–Crippen MR) is 66.5 cm³/mol. The first kappa shape index (κ1) is 13.2. The van der Waals surface area contributed by atoms with Crippen LogP contribution in [0.1, 0.15) is 12.8 Å². The fourth-order valence-corrected chi connectivity index (χ4v) is 2.42. The monoisotopic (exact) mass is 272 g/mol. The molecule has 1 heterocycles. The number of ether oxygens (including phenoxy) is 1. The Morgan fingerprint density at radius 3 is 2.94 bits per heavy atom. The van der Waals surface area contributed by atoms with Crippen molar-refractivity contribution in [2.75, 3.05) is 12.9 Å². The largest absolute Gasteiger partial charge is 0.468 e. The third-order valence-electron chi connectivity index (χ3n) is 2.72. The van der Waals surface area contributed by atoms with E-state index < -0.39 is 0 Å². The summed E-state index contributed by atoms with van der Waals surface area (Å²) < 4.78 is 6.17. The number of methoxy groups -OCH3 is 1. The number of H-pyrrole nitrogens is 1. The summed E-state index contributed by atoms with van der Waals surface area (Å²) in [6.45, 7) is 0. The Balaban J connectivity index is 1.93. The van der Waals surface area contributed by atoms with Crippen molar-refractivity contribution >= 4 is 17.7 Å². The minimum Gasteiger partial charge on any atom is -0.468 e. The number of carbonyl (C=O) groups is 1. The minimum absolute atomic E-state index is 0.262. The van der Waals surface area contributed by atoms with Crippen molar-refractivity contribution in [3.63, 3.8) is 0 Å². The van der Waals surface area contributed by atoms with Crippen molar-refractivity contribution in [1.82, 2.24) is 20.1 Å². The number of hydrogen-bond acceptors (Lipinski definition) is 6. The SMILES string of the molecule is COC(=O)C(CSc1n[nH]c(=O)n1C)NC1CC1. The third-order valence-corrected chi connectivity index (χ3v) is 3.84. The molecule has 0 radical (unpaired) electrons. The molecular weight excluding hydrogens is 256 g/mol. The maximum Gasteiger partial charge on any atom is 0.343 e. The summed E-state index contributed by atoms with van der Waals surface area (Å²) in [6.07, 6.45) is 2.19. The highest BCUT2D eigenvalue weighted by Crippen LogP contribution is 2.21. The van der Waals surface area contributed by atoms with Gasteiger partial charge in [-0.25, -0.2) is 9.89 Å². The zero-order chi connectivity index (χ0) is 13.1. The van der Waals surface area contributed by atoms with Gasteiger partial charge in [0.25, 0.3) is 0 Å². The fourth-order valence-electron chi connectivity index (χ4n) is 1.48. The first-order valence-corrected chi connectivity index (χ1v) is 6.68. The number of nitrogens with one attached hydrogen (secondary N) is 2. The lowest BCUT2D eigenvalue weighted by Crippen LogP contribution is -2.41. The molecule has 0 aromatic carbocycles. The smallest absolute Gasteiger partial charge is 0.343 e. The normalized spacial score (nSPS) is 16.6. The van der Waals surface area contributed by atoms with E-state index in [1.807, 2.05) is 0 Å². The highest BCUT2D eigenvalue weighted by atomic mass is 32.2. The topological polar surface area (TPSA) is 89.0 Å². The Morgan fingerprint density at radius 1 is 1.72 bits per heavy atom. The molecule has 2 rings (SSSR count). The van der Waals surface area contributed by atoms with E-state index in [-0.39, 0.29) is 17.7 Å². The summed E-state index contributed by atoms with van der Waals surface area (Å²) in [5, 5.41) is 10.0. The molecule has 1 fully saturated rings. The van der Waals surface area contributed by atoms with Gasteiger partial charge in [-0.2, -0.15) is 0 Å². The van der Waals surface area contributed by atoms with Crippen LogP contribution in [-0.2, 0) is 16.6 Å². The minimum atomic E-state index is -0.362. The van der Waals surface area contributed by atoms with Gasteiger partial charge in [0.1, 0.15) is 6.04 Å². The highest BCUT2D eigenvalue weighted by Gasteiger charge is 2.29. The van der Waals surface area contributed by atoms with Crippen molar-refractivity contribution in [3.8, 4) is 0 Å². The first-order chi connectivity index (χ1) is 8.61. The van der Waals surface area contributed by atoms with Crippen LogP contribution in [0.5, 0.6) is 0 Å². The Hall–Kier alpha value is -1.28. The molecule has 1 saturated carbocycles. The number of aromatic nitrogens is 3. The number of esters is 1. The molecule has 0 spiro atoms. The van der Waals surface area contributed by atoms with Gasteiger partial charge in [-0.05, 0) is 12.8 Å². The van der Waals surface area contributed by atoms with E-state index >= 15 is 0 Å². The van der Waals surface area contributed by atoms with Crippen molar-refractivity contribution in [1.29, 1.82) is 0 Å². The molecule has 1 aliphatic rings. The summed E-state index contributed by atoms with van der Waals surface area (Å²) in [5.74, 6) is 0.205. The van der Waals surface area contributed by atoms with E-state index in [0.717, 1.165) is 12.8 Å². The summed E-state index contributed by atoms with van der Waals surface area (Å²) >= 11 is 1.35. The lowest BCUT2D eigenvalue weighted by molar-refractivity contribution is -0.142. The second-order valence-corrected chi connectivity index (χ2v) is 5.19. The van der Waals surface area contributed by atoms with Gasteiger partial charge in [-0.1, -0.05) is 11.8 Å². The fraction of sp³-hybridized carbons (Fsp3) is 0.700. The molecule has 1 aromatic rings. The first-order valence-electron chi connectivity index (χ1n) is 5.70. The Labute approximate surface area is 108 Å². The van der Waals surface area contributed by atoms with Crippen molar-refractivity contribution in [2.24, 2.45) is 7.05 Å². The predicted octanol–water partition coefficient (Wildman–Crippen LogP) is -0.506. The van der Waals surface area contributed by atoms with Crippen LogP contribution < -0.4 is 11.0 Å². The maximum absolute atomic E-state index is 11.6. The average Bonchev–Trinajstić information content (AvgIpc) is 3.13. The second kappa shape index (κ2) is 5.57. The summed E-state index contributed by atoms with van der Waals surface area (Å²) in [4.78, 5) is 22.8. The number of carbonyl (C=O) groups excluding carboxylic acids is 1. The molecule has 1 aromatic heterocycles. The lowest BCUT2D eigenvalue weighted by atomic mass is 10.3. The van der Waals surface area contributed by atoms with Gasteiger partial charge in [-0.3, -0.25) is 9.36 Å². The summed E-state index contributed by atoms with van der Waals surface area (Å²) in [5.41, 5.74) is -0.262. The summed E-state index contributed by atoms with van der Waals surface area (Å²) in [7, 11) is 3.01. The van der Waals surface area contributed by atoms with Crippen LogP contribution in [-0.4, -0.2) is 45.7 Å². The quantitative estimate of drug-likeness (QED) is 0.536. The van der Waals surface area contributed by atoms with Crippen LogP contribution in [0.25, 0.3) is 0 Å². The molecule has 1 unspecified atom stereocenters. The molecule has 0 aliphatic heterocycles. The molecule has 2 N–H and O–H groups in total. The van der Waals surface area contributed by atoms with Gasteiger partial charge >= 0.3 is 11.7 Å². The lowest BCUT2D eigenvalue weighted by Gasteiger charge is -2.15. The molecule has 1 atom stereocenters. The van der Waals surface area contributed by atoms with Gasteiger partial charge < -0.3 is 10.1 Å². The van der Waals surface area contributed by atoms with Gasteiger partial charge in [0.05, 0.1) is 7.11 Å². The second-order valence-electron chi connectivity index (χ2n) is 4.20. The number of rotatable bonds is 6. The zero-order valence-corrected chi connectivity index (χ0v) is 11.1. The Bertz CT molecular complexity index is 480. The molecule has 100 valence electrons. The van der Waals surface area contributed by atoms with Crippen LogP contribution in [0.3, 0.4) is 0 Å².